The van der Waals surface area contributed by atoms with Gasteiger partial charge in [0, 0.05) is 11.7 Å². The van der Waals surface area contributed by atoms with Crippen LogP contribution in [-0.2, 0) is 6.42 Å². The fraction of sp³-hybridized carbons (Fsp3) is 0.214. The second kappa shape index (κ2) is 5.75. The molecule has 0 saturated heterocycles. The number of nitrogens with two attached hydrogens (primary N) is 1. The molecule has 1 atom stereocenters. The second-order valence-electron chi connectivity index (χ2n) is 4.49. The van der Waals surface area contributed by atoms with Crippen LogP contribution < -0.4 is 11.1 Å². The highest BCUT2D eigenvalue weighted by atomic mass is 32.1. The first kappa shape index (κ1) is 13.4. The number of nitrogen functional groups attached to an aromatic ring is 1. The Morgan fingerprint density at radius 3 is 2.89 bits per heavy atom. The number of aromatic carboxylic acids is 1. The number of carboxylic acids is 1. The van der Waals surface area contributed by atoms with Gasteiger partial charge < -0.3 is 16.2 Å². The topological polar surface area (TPSA) is 75.3 Å². The van der Waals surface area contributed by atoms with Crippen LogP contribution in [0.1, 0.15) is 22.8 Å². The van der Waals surface area contributed by atoms with Crippen LogP contribution in [0.4, 0.5) is 11.4 Å². The van der Waals surface area contributed by atoms with Crippen molar-refractivity contribution < 1.29 is 9.90 Å². The molecule has 19 heavy (non-hydrogen) atoms. The monoisotopic (exact) mass is 276 g/mol. The van der Waals surface area contributed by atoms with Crippen LogP contribution in [0.3, 0.4) is 0 Å². The van der Waals surface area contributed by atoms with Crippen LogP contribution in [0, 0.1) is 0 Å². The predicted molar refractivity (Wildman–Crippen MR) is 78.9 cm³/mol. The van der Waals surface area contributed by atoms with Crippen molar-refractivity contribution in [2.75, 3.05) is 11.1 Å². The third-order valence-corrected chi connectivity index (χ3v) is 3.53. The Labute approximate surface area is 115 Å². The van der Waals surface area contributed by atoms with E-state index in [0.29, 0.717) is 11.4 Å². The van der Waals surface area contributed by atoms with Crippen molar-refractivity contribution >= 4 is 28.7 Å². The van der Waals surface area contributed by atoms with Crippen LogP contribution in [0.2, 0.25) is 0 Å². The van der Waals surface area contributed by atoms with Gasteiger partial charge in [-0.2, -0.15) is 11.3 Å². The highest BCUT2D eigenvalue weighted by molar-refractivity contribution is 7.07. The first-order chi connectivity index (χ1) is 9.06. The number of nitrogens with one attached hydrogen (secondary N) is 1. The molecule has 0 amide bonds. The molecule has 0 fully saturated rings. The maximum Gasteiger partial charge on any atom is 0.337 e. The van der Waals surface area contributed by atoms with E-state index in [1.165, 1.54) is 11.6 Å². The molecular weight excluding hydrogens is 260 g/mol. The van der Waals surface area contributed by atoms with E-state index in [2.05, 4.69) is 16.8 Å². The lowest BCUT2D eigenvalue weighted by Crippen LogP contribution is -2.19. The third kappa shape index (κ3) is 3.48. The van der Waals surface area contributed by atoms with Crippen molar-refractivity contribution in [1.82, 2.24) is 0 Å². The number of thiophene rings is 1. The van der Waals surface area contributed by atoms with Gasteiger partial charge in [-0.05, 0) is 53.9 Å². The van der Waals surface area contributed by atoms with Crippen LogP contribution >= 0.6 is 11.3 Å². The number of rotatable bonds is 5. The Morgan fingerprint density at radius 1 is 1.47 bits per heavy atom. The van der Waals surface area contributed by atoms with Gasteiger partial charge in [-0.3, -0.25) is 0 Å². The van der Waals surface area contributed by atoms with E-state index in [4.69, 9.17) is 10.8 Å². The molecule has 5 heteroatoms. The molecule has 1 unspecified atom stereocenters. The third-order valence-electron chi connectivity index (χ3n) is 2.80. The number of carboxylic acid groups (broad SMARTS) is 1. The first-order valence-electron chi connectivity index (χ1n) is 5.96. The largest absolute Gasteiger partial charge is 0.478 e. The van der Waals surface area contributed by atoms with Crippen LogP contribution in [0.5, 0.6) is 0 Å². The molecule has 0 radical (unpaired) electrons. The predicted octanol–water partition coefficient (Wildman–Crippen LogP) is 3.07. The molecule has 0 bridgehead atoms. The van der Waals surface area contributed by atoms with Crippen LogP contribution in [0.15, 0.2) is 35.0 Å². The van der Waals surface area contributed by atoms with E-state index in [1.807, 2.05) is 12.3 Å². The van der Waals surface area contributed by atoms with E-state index in [0.717, 1.165) is 6.42 Å². The van der Waals surface area contributed by atoms with Gasteiger partial charge in [0.15, 0.2) is 0 Å². The summed E-state index contributed by atoms with van der Waals surface area (Å²) in [6.45, 7) is 2.02. The summed E-state index contributed by atoms with van der Waals surface area (Å²) >= 11 is 1.66. The Balaban J connectivity index is 2.13. The summed E-state index contributed by atoms with van der Waals surface area (Å²) in [6.07, 6.45) is 0.845. The SMILES string of the molecule is CC(Cc1ccsc1)Nc1cc(N)ccc1C(=O)O. The molecule has 2 rings (SSSR count). The molecule has 2 aromatic rings. The standard InChI is InChI=1S/C14H16N2O2S/c1-9(6-10-4-5-19-8-10)16-13-7-11(15)2-3-12(13)14(17)18/h2-5,7-9,16H,6,15H2,1H3,(H,17,18). The van der Waals surface area contributed by atoms with Crippen molar-refractivity contribution in [1.29, 1.82) is 0 Å². The van der Waals surface area contributed by atoms with E-state index < -0.39 is 5.97 Å². The molecule has 0 saturated carbocycles. The van der Waals surface area contributed by atoms with Crippen molar-refractivity contribution in [3.05, 3.63) is 46.2 Å². The summed E-state index contributed by atoms with van der Waals surface area (Å²) in [5, 5.41) is 16.5. The Kier molecular flexibility index (Phi) is 4.06. The van der Waals surface area contributed by atoms with E-state index in [9.17, 15) is 4.79 Å². The first-order valence-corrected chi connectivity index (χ1v) is 6.91. The molecule has 4 N–H and O–H groups in total. The maximum atomic E-state index is 11.2. The second-order valence-corrected chi connectivity index (χ2v) is 5.27. The van der Waals surface area contributed by atoms with Crippen molar-refractivity contribution in [2.24, 2.45) is 0 Å². The highest BCUT2D eigenvalue weighted by Crippen LogP contribution is 2.21. The number of benzene rings is 1. The van der Waals surface area contributed by atoms with Gasteiger partial charge in [0.2, 0.25) is 0 Å². The van der Waals surface area contributed by atoms with Gasteiger partial charge in [0.25, 0.3) is 0 Å². The normalized spacial score (nSPS) is 12.1. The Hall–Kier alpha value is -2.01. The average Bonchev–Trinajstić information content (AvgIpc) is 2.81. The molecule has 1 aromatic heterocycles. The van der Waals surface area contributed by atoms with E-state index >= 15 is 0 Å². The van der Waals surface area contributed by atoms with Gasteiger partial charge in [0.05, 0.1) is 11.3 Å². The van der Waals surface area contributed by atoms with Crippen LogP contribution in [0.25, 0.3) is 0 Å². The summed E-state index contributed by atoms with van der Waals surface area (Å²) in [5.74, 6) is -0.953. The number of anilines is 2. The summed E-state index contributed by atoms with van der Waals surface area (Å²) in [7, 11) is 0. The molecule has 4 nitrogen and oxygen atoms in total. The van der Waals surface area contributed by atoms with Crippen molar-refractivity contribution in [3.63, 3.8) is 0 Å². The van der Waals surface area contributed by atoms with Gasteiger partial charge in [-0.15, -0.1) is 0 Å². The summed E-state index contributed by atoms with van der Waals surface area (Å²) < 4.78 is 0. The molecule has 0 aliphatic carbocycles. The summed E-state index contributed by atoms with van der Waals surface area (Å²) in [6, 6.07) is 6.98. The van der Waals surface area contributed by atoms with Crippen molar-refractivity contribution in [2.45, 2.75) is 19.4 Å². The molecule has 0 aliphatic heterocycles. The zero-order valence-electron chi connectivity index (χ0n) is 10.6. The maximum absolute atomic E-state index is 11.2. The molecule has 0 aliphatic rings. The minimum absolute atomic E-state index is 0.134. The lowest BCUT2D eigenvalue weighted by Gasteiger charge is -2.17. The van der Waals surface area contributed by atoms with Crippen molar-refractivity contribution in [3.8, 4) is 0 Å². The fourth-order valence-electron chi connectivity index (χ4n) is 1.95. The number of hydrogen-bond donors (Lipinski definition) is 3. The smallest absolute Gasteiger partial charge is 0.337 e. The van der Waals surface area contributed by atoms with Gasteiger partial charge in [-0.1, -0.05) is 0 Å². The number of hydrogen-bond acceptors (Lipinski definition) is 4. The molecule has 0 spiro atoms. The summed E-state index contributed by atoms with van der Waals surface area (Å²) in [5.41, 5.74) is 8.31. The zero-order valence-corrected chi connectivity index (χ0v) is 11.4. The average molecular weight is 276 g/mol. The van der Waals surface area contributed by atoms with Gasteiger partial charge >= 0.3 is 5.97 Å². The number of carbonyl (C=O) groups is 1. The lowest BCUT2D eigenvalue weighted by atomic mass is 10.1. The molecule has 100 valence electrons. The van der Waals surface area contributed by atoms with E-state index in [1.54, 1.807) is 23.5 Å². The Bertz CT molecular complexity index is 567. The van der Waals surface area contributed by atoms with E-state index in [-0.39, 0.29) is 11.6 Å². The lowest BCUT2D eigenvalue weighted by molar-refractivity contribution is 0.0698. The molecule has 1 aromatic carbocycles. The minimum Gasteiger partial charge on any atom is -0.478 e. The highest BCUT2D eigenvalue weighted by Gasteiger charge is 2.12. The zero-order chi connectivity index (χ0) is 13.8. The van der Waals surface area contributed by atoms with Gasteiger partial charge in [-0.25, -0.2) is 4.79 Å². The summed E-state index contributed by atoms with van der Waals surface area (Å²) in [4.78, 5) is 11.2. The fourth-order valence-corrected chi connectivity index (χ4v) is 2.63. The minimum atomic E-state index is -0.953. The Morgan fingerprint density at radius 2 is 2.26 bits per heavy atom. The molecular formula is C14H16N2O2S. The quantitative estimate of drug-likeness (QED) is 0.734. The van der Waals surface area contributed by atoms with Gasteiger partial charge in [0.1, 0.15) is 0 Å². The molecule has 1 heterocycles. The van der Waals surface area contributed by atoms with Crippen LogP contribution in [-0.4, -0.2) is 17.1 Å².